The van der Waals surface area contributed by atoms with Gasteiger partial charge in [-0.05, 0) is 18.2 Å². The number of nitriles is 1. The van der Waals surface area contributed by atoms with Gasteiger partial charge in [-0.15, -0.1) is 0 Å². The molecule has 0 saturated heterocycles. The Morgan fingerprint density at radius 3 is 2.71 bits per heavy atom. The van der Waals surface area contributed by atoms with Crippen LogP contribution in [0.5, 0.6) is 0 Å². The van der Waals surface area contributed by atoms with Crippen LogP contribution in [0.1, 0.15) is 23.7 Å². The average molecular weight is 255 g/mol. The van der Waals surface area contributed by atoms with E-state index in [0.717, 1.165) is 0 Å². The van der Waals surface area contributed by atoms with Gasteiger partial charge in [-0.2, -0.15) is 5.26 Å². The number of hydrogen-bond acceptors (Lipinski definition) is 4. The minimum atomic E-state index is -1.36. The number of nitrogens with zero attached hydrogens (tertiary/aromatic N) is 1. The predicted molar refractivity (Wildman–Crippen MR) is 60.9 cm³/mol. The van der Waals surface area contributed by atoms with Gasteiger partial charge in [0, 0.05) is 10.6 Å². The number of aliphatic hydroxyl groups is 2. The van der Waals surface area contributed by atoms with Gasteiger partial charge in [-0.25, -0.2) is 0 Å². The number of nitrogens with two attached hydrogens (primary N) is 1. The molecule has 0 spiro atoms. The van der Waals surface area contributed by atoms with Crippen molar-refractivity contribution in [2.24, 2.45) is 5.73 Å². The van der Waals surface area contributed by atoms with Crippen LogP contribution in [0.25, 0.3) is 0 Å². The van der Waals surface area contributed by atoms with E-state index in [1.807, 2.05) is 6.07 Å². The molecule has 17 heavy (non-hydrogen) atoms. The van der Waals surface area contributed by atoms with Crippen LogP contribution < -0.4 is 5.73 Å². The first-order valence-electron chi connectivity index (χ1n) is 4.79. The molecule has 6 heteroatoms. The Morgan fingerprint density at radius 2 is 2.18 bits per heavy atom. The number of aliphatic hydroxyl groups excluding tert-OH is 2. The van der Waals surface area contributed by atoms with Crippen molar-refractivity contribution < 1.29 is 15.0 Å². The summed E-state index contributed by atoms with van der Waals surface area (Å²) in [5, 5.41) is 28.2. The third kappa shape index (κ3) is 3.43. The molecule has 0 fully saturated rings. The van der Waals surface area contributed by atoms with Gasteiger partial charge in [-0.1, -0.05) is 11.6 Å². The maximum atomic E-state index is 10.6. The lowest BCUT2D eigenvalue weighted by Gasteiger charge is -2.18. The lowest BCUT2D eigenvalue weighted by molar-refractivity contribution is -0.121. The van der Waals surface area contributed by atoms with Crippen LogP contribution in [-0.4, -0.2) is 22.2 Å². The van der Waals surface area contributed by atoms with Gasteiger partial charge in [-0.3, -0.25) is 4.79 Å². The molecule has 1 aromatic carbocycles. The third-order valence-corrected chi connectivity index (χ3v) is 2.56. The molecule has 1 amide bonds. The van der Waals surface area contributed by atoms with Crippen LogP contribution in [0, 0.1) is 11.3 Å². The zero-order valence-electron chi connectivity index (χ0n) is 8.80. The maximum absolute atomic E-state index is 10.6. The van der Waals surface area contributed by atoms with Crippen LogP contribution in [0.4, 0.5) is 0 Å². The number of rotatable bonds is 4. The van der Waals surface area contributed by atoms with Gasteiger partial charge in [0.2, 0.25) is 5.91 Å². The minimum Gasteiger partial charge on any atom is -0.390 e. The lowest BCUT2D eigenvalue weighted by atomic mass is 10.00. The highest BCUT2D eigenvalue weighted by atomic mass is 35.5. The number of halogens is 1. The summed E-state index contributed by atoms with van der Waals surface area (Å²) in [7, 11) is 0. The third-order valence-electron chi connectivity index (χ3n) is 2.22. The summed E-state index contributed by atoms with van der Waals surface area (Å²) in [4.78, 5) is 10.6. The average Bonchev–Trinajstić information content (AvgIpc) is 2.28. The molecular formula is C11H11ClN2O3. The van der Waals surface area contributed by atoms with E-state index < -0.39 is 18.1 Å². The van der Waals surface area contributed by atoms with Crippen molar-refractivity contribution in [1.29, 1.82) is 5.26 Å². The van der Waals surface area contributed by atoms with Gasteiger partial charge in [0.25, 0.3) is 0 Å². The summed E-state index contributed by atoms with van der Waals surface area (Å²) >= 11 is 5.83. The van der Waals surface area contributed by atoms with Crippen molar-refractivity contribution in [3.63, 3.8) is 0 Å². The number of hydrogen-bond donors (Lipinski definition) is 3. The van der Waals surface area contributed by atoms with E-state index >= 15 is 0 Å². The molecule has 0 aliphatic heterocycles. The predicted octanol–water partition coefficient (Wildman–Crippen LogP) is 0.481. The molecule has 0 heterocycles. The molecule has 4 N–H and O–H groups in total. The van der Waals surface area contributed by atoms with Crippen LogP contribution in [-0.2, 0) is 4.79 Å². The maximum Gasteiger partial charge on any atom is 0.220 e. The molecule has 2 atom stereocenters. The summed E-state index contributed by atoms with van der Waals surface area (Å²) in [6, 6.07) is 6.17. The lowest BCUT2D eigenvalue weighted by Crippen LogP contribution is -2.25. The Balaban J connectivity index is 2.99. The molecule has 2 unspecified atom stereocenters. The smallest absolute Gasteiger partial charge is 0.220 e. The Morgan fingerprint density at radius 1 is 1.53 bits per heavy atom. The largest absolute Gasteiger partial charge is 0.390 e. The van der Waals surface area contributed by atoms with Gasteiger partial charge in [0.1, 0.15) is 6.10 Å². The topological polar surface area (TPSA) is 107 Å². The summed E-state index contributed by atoms with van der Waals surface area (Å²) in [5.74, 6) is -0.732. The normalized spacial score (nSPS) is 13.8. The molecule has 5 nitrogen and oxygen atoms in total. The van der Waals surface area contributed by atoms with Crippen molar-refractivity contribution in [2.45, 2.75) is 18.6 Å². The second-order valence-corrected chi connectivity index (χ2v) is 3.94. The van der Waals surface area contributed by atoms with Crippen LogP contribution in [0.3, 0.4) is 0 Å². The highest BCUT2D eigenvalue weighted by molar-refractivity contribution is 6.31. The van der Waals surface area contributed by atoms with Gasteiger partial charge < -0.3 is 15.9 Å². The Hall–Kier alpha value is -1.61. The van der Waals surface area contributed by atoms with Crippen LogP contribution in [0.2, 0.25) is 5.02 Å². The number of carbonyl (C=O) groups is 1. The Kier molecular flexibility index (Phi) is 4.46. The number of benzene rings is 1. The minimum absolute atomic E-state index is 0.194. The molecule has 0 aromatic heterocycles. The Bertz CT molecular complexity index is 470. The second-order valence-electron chi connectivity index (χ2n) is 3.53. The van der Waals surface area contributed by atoms with E-state index in [4.69, 9.17) is 22.6 Å². The molecule has 1 rings (SSSR count). The van der Waals surface area contributed by atoms with Crippen molar-refractivity contribution in [3.05, 3.63) is 34.3 Å². The fourth-order valence-electron chi connectivity index (χ4n) is 1.36. The monoisotopic (exact) mass is 254 g/mol. The van der Waals surface area contributed by atoms with E-state index in [1.165, 1.54) is 18.2 Å². The number of amides is 1. The standard InChI is InChI=1S/C11H11ClN2O3/c12-8-2-1-6(5-13)3-7(8)11(17)9(15)4-10(14)16/h1-3,9,11,15,17H,4H2,(H2,14,16). The van der Waals surface area contributed by atoms with E-state index in [2.05, 4.69) is 0 Å². The highest BCUT2D eigenvalue weighted by Gasteiger charge is 2.22. The zero-order chi connectivity index (χ0) is 13.0. The van der Waals surface area contributed by atoms with Gasteiger partial charge >= 0.3 is 0 Å². The van der Waals surface area contributed by atoms with Crippen molar-refractivity contribution in [3.8, 4) is 6.07 Å². The molecule has 0 saturated carbocycles. The quantitative estimate of drug-likeness (QED) is 0.726. The summed E-state index contributed by atoms with van der Waals surface area (Å²) in [6.07, 6.45) is -3.09. The first-order chi connectivity index (χ1) is 7.95. The van der Waals surface area contributed by atoms with E-state index in [9.17, 15) is 15.0 Å². The summed E-state index contributed by atoms with van der Waals surface area (Å²) in [5.41, 5.74) is 5.40. The van der Waals surface area contributed by atoms with Crippen molar-refractivity contribution in [2.75, 3.05) is 0 Å². The van der Waals surface area contributed by atoms with Crippen LogP contribution >= 0.6 is 11.6 Å². The molecule has 0 bridgehead atoms. The van der Waals surface area contributed by atoms with Crippen LogP contribution in [0.15, 0.2) is 18.2 Å². The fourth-order valence-corrected chi connectivity index (χ4v) is 1.59. The molecule has 0 radical (unpaired) electrons. The summed E-state index contributed by atoms with van der Waals surface area (Å²) < 4.78 is 0. The first-order valence-corrected chi connectivity index (χ1v) is 5.17. The molecule has 0 aliphatic carbocycles. The SMILES string of the molecule is N#Cc1ccc(Cl)c(C(O)C(O)CC(N)=O)c1. The van der Waals surface area contributed by atoms with Gasteiger partial charge in [0.15, 0.2) is 0 Å². The number of primary amides is 1. The molecule has 0 aliphatic rings. The molecular weight excluding hydrogens is 244 g/mol. The van der Waals surface area contributed by atoms with Gasteiger partial charge in [0.05, 0.1) is 24.2 Å². The molecule has 90 valence electrons. The van der Waals surface area contributed by atoms with Crippen molar-refractivity contribution >= 4 is 17.5 Å². The number of carbonyl (C=O) groups excluding carboxylic acids is 1. The van der Waals surface area contributed by atoms with E-state index in [-0.39, 0.29) is 17.0 Å². The Labute approximate surface area is 103 Å². The summed E-state index contributed by atoms with van der Waals surface area (Å²) in [6.45, 7) is 0. The highest BCUT2D eigenvalue weighted by Crippen LogP contribution is 2.27. The molecule has 1 aromatic rings. The zero-order valence-corrected chi connectivity index (χ0v) is 9.55. The van der Waals surface area contributed by atoms with E-state index in [0.29, 0.717) is 5.56 Å². The van der Waals surface area contributed by atoms with Crippen molar-refractivity contribution in [1.82, 2.24) is 0 Å². The second kappa shape index (κ2) is 5.64. The first kappa shape index (κ1) is 13.5. The van der Waals surface area contributed by atoms with E-state index in [1.54, 1.807) is 0 Å². The fraction of sp³-hybridized carbons (Fsp3) is 0.273.